The third-order valence-corrected chi connectivity index (χ3v) is 4.38. The van der Waals surface area contributed by atoms with Crippen LogP contribution < -0.4 is 26.6 Å². The molecule has 6 N–H and O–H groups in total. The van der Waals surface area contributed by atoms with Gasteiger partial charge in [0.05, 0.1) is 0 Å². The number of nitrogens with zero attached hydrogens (tertiary/aromatic N) is 3. The zero-order valence-corrected chi connectivity index (χ0v) is 18.6. The van der Waals surface area contributed by atoms with Crippen LogP contribution in [0.2, 0.25) is 0 Å². The van der Waals surface area contributed by atoms with Crippen molar-refractivity contribution in [2.45, 2.75) is 26.2 Å². The van der Waals surface area contributed by atoms with E-state index >= 15 is 0 Å². The molecule has 2 rings (SSSR count). The van der Waals surface area contributed by atoms with Crippen LogP contribution in [-0.4, -0.2) is 70.7 Å². The molecule has 0 saturated heterocycles. The molecule has 33 heavy (non-hydrogen) atoms. The number of nitrogens with one attached hydrogen (secondary N) is 5. The second-order valence-electron chi connectivity index (χ2n) is 7.00. The Morgan fingerprint density at radius 1 is 0.939 bits per heavy atom. The highest BCUT2D eigenvalue weighted by atomic mass is 16.4. The Hall–Kier alpha value is -3.96. The van der Waals surface area contributed by atoms with Crippen molar-refractivity contribution in [2.24, 2.45) is 0 Å². The van der Waals surface area contributed by atoms with E-state index in [9.17, 15) is 14.4 Å². The summed E-state index contributed by atoms with van der Waals surface area (Å²) in [5.41, 5.74) is 1.45. The average molecular weight is 459 g/mol. The summed E-state index contributed by atoms with van der Waals surface area (Å²) in [4.78, 5) is 47.3. The first-order chi connectivity index (χ1) is 16.0. The van der Waals surface area contributed by atoms with Gasteiger partial charge in [0, 0.05) is 57.7 Å². The summed E-state index contributed by atoms with van der Waals surface area (Å²) in [6.45, 7) is 3.73. The molecule has 0 spiro atoms. The van der Waals surface area contributed by atoms with Gasteiger partial charge in [-0.25, -0.2) is 9.78 Å². The Morgan fingerprint density at radius 2 is 1.70 bits per heavy atom. The molecule has 0 unspecified atom stereocenters. The van der Waals surface area contributed by atoms with E-state index in [0.29, 0.717) is 30.4 Å². The molecule has 0 aliphatic rings. The Labute approximate surface area is 192 Å². The predicted molar refractivity (Wildman–Crippen MR) is 123 cm³/mol. The average Bonchev–Trinajstić information content (AvgIpc) is 2.81. The lowest BCUT2D eigenvalue weighted by Gasteiger charge is -2.13. The molecule has 0 aliphatic heterocycles. The van der Waals surface area contributed by atoms with Crippen molar-refractivity contribution >= 4 is 29.7 Å². The predicted octanol–water partition coefficient (Wildman–Crippen LogP) is 0.852. The summed E-state index contributed by atoms with van der Waals surface area (Å²) in [5.74, 6) is 0.175. The first kappa shape index (κ1) is 25.3. The Bertz CT molecular complexity index is 910. The van der Waals surface area contributed by atoms with Crippen molar-refractivity contribution in [3.8, 4) is 0 Å². The normalized spacial score (nSPS) is 10.2. The number of anilines is 2. The van der Waals surface area contributed by atoms with Crippen molar-refractivity contribution in [3.63, 3.8) is 0 Å². The highest BCUT2D eigenvalue weighted by Crippen LogP contribution is 2.14. The SMILES string of the molecule is CCCNc1nc(NCCc2ccncc2)ncc1C(=O)NCCNC(=O)CCNC(=O)O. The maximum absolute atomic E-state index is 12.6. The Balaban J connectivity index is 1.84. The summed E-state index contributed by atoms with van der Waals surface area (Å²) in [7, 11) is 0. The van der Waals surface area contributed by atoms with Crippen molar-refractivity contribution in [1.29, 1.82) is 0 Å². The smallest absolute Gasteiger partial charge is 0.404 e. The molecule has 12 nitrogen and oxygen atoms in total. The van der Waals surface area contributed by atoms with Crippen LogP contribution in [0.1, 0.15) is 35.7 Å². The quantitative estimate of drug-likeness (QED) is 0.225. The number of carbonyl (C=O) groups is 3. The van der Waals surface area contributed by atoms with Gasteiger partial charge in [-0.2, -0.15) is 4.98 Å². The molecular formula is C21H30N8O4. The van der Waals surface area contributed by atoms with Crippen LogP contribution >= 0.6 is 0 Å². The minimum Gasteiger partial charge on any atom is -0.465 e. The number of amides is 3. The molecule has 178 valence electrons. The second-order valence-corrected chi connectivity index (χ2v) is 7.00. The minimum atomic E-state index is -1.18. The summed E-state index contributed by atoms with van der Waals surface area (Å²) in [5, 5.41) is 22.2. The zero-order valence-electron chi connectivity index (χ0n) is 18.6. The third-order valence-electron chi connectivity index (χ3n) is 4.38. The summed E-state index contributed by atoms with van der Waals surface area (Å²) in [6.07, 6.45) is 5.44. The molecule has 0 atom stereocenters. The van der Waals surface area contributed by atoms with E-state index in [-0.39, 0.29) is 37.9 Å². The van der Waals surface area contributed by atoms with Crippen LogP contribution in [0.15, 0.2) is 30.7 Å². The number of aromatic nitrogens is 3. The van der Waals surface area contributed by atoms with E-state index in [1.165, 1.54) is 6.20 Å². The molecule has 0 aromatic carbocycles. The van der Waals surface area contributed by atoms with Crippen LogP contribution in [0, 0.1) is 0 Å². The fraction of sp³-hybridized carbons (Fsp3) is 0.429. The number of carbonyl (C=O) groups excluding carboxylic acids is 2. The maximum Gasteiger partial charge on any atom is 0.404 e. The first-order valence-corrected chi connectivity index (χ1v) is 10.7. The van der Waals surface area contributed by atoms with Crippen molar-refractivity contribution in [1.82, 2.24) is 30.9 Å². The zero-order chi connectivity index (χ0) is 23.9. The van der Waals surface area contributed by atoms with E-state index < -0.39 is 6.09 Å². The summed E-state index contributed by atoms with van der Waals surface area (Å²) in [6, 6.07) is 3.89. The second kappa shape index (κ2) is 14.2. The first-order valence-electron chi connectivity index (χ1n) is 10.7. The molecule has 0 radical (unpaired) electrons. The van der Waals surface area contributed by atoms with E-state index in [0.717, 1.165) is 18.4 Å². The number of carboxylic acid groups (broad SMARTS) is 1. The largest absolute Gasteiger partial charge is 0.465 e. The van der Waals surface area contributed by atoms with Gasteiger partial charge >= 0.3 is 6.09 Å². The van der Waals surface area contributed by atoms with Crippen LogP contribution in [-0.2, 0) is 11.2 Å². The minimum absolute atomic E-state index is 0.0226. The van der Waals surface area contributed by atoms with E-state index in [4.69, 9.17) is 5.11 Å². The molecule has 0 saturated carbocycles. The topological polar surface area (TPSA) is 170 Å². The number of hydrogen-bond donors (Lipinski definition) is 6. The highest BCUT2D eigenvalue weighted by Gasteiger charge is 2.14. The maximum atomic E-state index is 12.6. The molecule has 2 aromatic heterocycles. The van der Waals surface area contributed by atoms with Gasteiger partial charge in [0.15, 0.2) is 0 Å². The molecule has 2 aromatic rings. The highest BCUT2D eigenvalue weighted by molar-refractivity contribution is 5.98. The van der Waals surface area contributed by atoms with Gasteiger partial charge in [-0.3, -0.25) is 14.6 Å². The van der Waals surface area contributed by atoms with Crippen LogP contribution in [0.5, 0.6) is 0 Å². The van der Waals surface area contributed by atoms with Crippen LogP contribution in [0.25, 0.3) is 0 Å². The van der Waals surface area contributed by atoms with E-state index in [1.807, 2.05) is 19.1 Å². The van der Waals surface area contributed by atoms with Gasteiger partial charge in [-0.05, 0) is 30.5 Å². The summed E-state index contributed by atoms with van der Waals surface area (Å²) < 4.78 is 0. The summed E-state index contributed by atoms with van der Waals surface area (Å²) >= 11 is 0. The molecule has 3 amide bonds. The van der Waals surface area contributed by atoms with E-state index in [2.05, 4.69) is 41.5 Å². The van der Waals surface area contributed by atoms with Gasteiger partial charge in [-0.1, -0.05) is 6.92 Å². The van der Waals surface area contributed by atoms with Crippen LogP contribution in [0.3, 0.4) is 0 Å². The van der Waals surface area contributed by atoms with Gasteiger partial charge < -0.3 is 31.7 Å². The van der Waals surface area contributed by atoms with Crippen molar-refractivity contribution in [2.75, 3.05) is 43.4 Å². The number of hydrogen-bond acceptors (Lipinski definition) is 8. The molecule has 2 heterocycles. The lowest BCUT2D eigenvalue weighted by atomic mass is 10.2. The number of rotatable bonds is 14. The Morgan fingerprint density at radius 3 is 2.42 bits per heavy atom. The van der Waals surface area contributed by atoms with Crippen molar-refractivity contribution in [3.05, 3.63) is 41.9 Å². The van der Waals surface area contributed by atoms with Gasteiger partial charge in [0.2, 0.25) is 11.9 Å². The fourth-order valence-corrected chi connectivity index (χ4v) is 2.72. The van der Waals surface area contributed by atoms with E-state index in [1.54, 1.807) is 12.4 Å². The third kappa shape index (κ3) is 9.80. The van der Waals surface area contributed by atoms with Crippen molar-refractivity contribution < 1.29 is 19.5 Å². The number of pyridine rings is 1. The fourth-order valence-electron chi connectivity index (χ4n) is 2.72. The lowest BCUT2D eigenvalue weighted by molar-refractivity contribution is -0.120. The molecule has 0 bridgehead atoms. The Kier molecular flexibility index (Phi) is 10.9. The molecular weight excluding hydrogens is 428 g/mol. The lowest BCUT2D eigenvalue weighted by Crippen LogP contribution is -2.36. The van der Waals surface area contributed by atoms with Crippen LogP contribution in [0.4, 0.5) is 16.6 Å². The molecule has 0 fully saturated rings. The van der Waals surface area contributed by atoms with Gasteiger partial charge in [0.1, 0.15) is 11.4 Å². The monoisotopic (exact) mass is 458 g/mol. The van der Waals surface area contributed by atoms with Gasteiger partial charge in [-0.15, -0.1) is 0 Å². The molecule has 12 heteroatoms. The standard InChI is InChI=1S/C21H30N8O4/c1-2-7-24-18-16(19(31)25-13-12-23-17(30)6-11-27-21(32)33)14-28-20(29-18)26-10-5-15-3-8-22-9-4-15/h3-4,8-9,14,27H,2,5-7,10-13H2,1H3,(H,23,30)(H,25,31)(H,32,33)(H2,24,26,28,29). The molecule has 0 aliphatic carbocycles. The van der Waals surface area contributed by atoms with Gasteiger partial charge in [0.25, 0.3) is 5.91 Å².